The molecule has 0 aromatic carbocycles. The number of rotatable bonds is 4. The van der Waals surface area contributed by atoms with Crippen LogP contribution in [0.4, 0.5) is 0 Å². The van der Waals surface area contributed by atoms with Gasteiger partial charge in [-0.25, -0.2) is 0 Å². The van der Waals surface area contributed by atoms with Crippen molar-refractivity contribution in [2.75, 3.05) is 50.8 Å². The Morgan fingerprint density at radius 1 is 1.33 bits per heavy atom. The molecular formula is C11H22N2OS. The van der Waals surface area contributed by atoms with E-state index in [1.54, 1.807) is 0 Å². The molecule has 0 aromatic heterocycles. The van der Waals surface area contributed by atoms with Crippen molar-refractivity contribution in [2.45, 2.75) is 18.9 Å². The molecule has 2 aliphatic rings. The van der Waals surface area contributed by atoms with E-state index in [-0.39, 0.29) is 5.60 Å². The number of ether oxygens (including phenoxy) is 1. The minimum absolute atomic E-state index is 0.126. The molecular weight excluding hydrogens is 208 g/mol. The lowest BCUT2D eigenvalue weighted by atomic mass is 10.0. The van der Waals surface area contributed by atoms with Crippen LogP contribution in [-0.4, -0.2) is 61.3 Å². The van der Waals surface area contributed by atoms with Crippen molar-refractivity contribution in [3.63, 3.8) is 0 Å². The molecule has 0 saturated carbocycles. The zero-order valence-electron chi connectivity index (χ0n) is 9.63. The Labute approximate surface area is 96.9 Å². The Balaban J connectivity index is 1.59. The van der Waals surface area contributed by atoms with Crippen LogP contribution in [0.3, 0.4) is 0 Å². The molecule has 2 saturated heterocycles. The predicted octanol–water partition coefficient (Wildman–Crippen LogP) is 0.804. The van der Waals surface area contributed by atoms with Crippen molar-refractivity contribution >= 4 is 11.8 Å². The molecule has 0 bridgehead atoms. The molecule has 88 valence electrons. The summed E-state index contributed by atoms with van der Waals surface area (Å²) in [7, 11) is 0. The third-order valence-electron chi connectivity index (χ3n) is 3.17. The first-order valence-electron chi connectivity index (χ1n) is 5.93. The molecule has 2 aliphatic heterocycles. The lowest BCUT2D eigenvalue weighted by Crippen LogP contribution is -2.59. The summed E-state index contributed by atoms with van der Waals surface area (Å²) in [6.45, 7) is 8.72. The topological polar surface area (TPSA) is 24.5 Å². The minimum atomic E-state index is 0.126. The normalized spacial score (nSPS) is 27.0. The molecule has 0 atom stereocenters. The first-order chi connectivity index (χ1) is 7.29. The average Bonchev–Trinajstić information content (AvgIpc) is 2.44. The van der Waals surface area contributed by atoms with E-state index in [0.29, 0.717) is 0 Å². The molecule has 0 radical (unpaired) electrons. The first kappa shape index (κ1) is 11.7. The van der Waals surface area contributed by atoms with Gasteiger partial charge in [0.05, 0.1) is 12.2 Å². The van der Waals surface area contributed by atoms with Gasteiger partial charge in [-0.2, -0.15) is 11.8 Å². The smallest absolute Gasteiger partial charge is 0.0902 e. The molecule has 4 heteroatoms. The van der Waals surface area contributed by atoms with Crippen molar-refractivity contribution in [2.24, 2.45) is 0 Å². The Morgan fingerprint density at radius 3 is 2.93 bits per heavy atom. The van der Waals surface area contributed by atoms with Gasteiger partial charge in [-0.15, -0.1) is 0 Å². The van der Waals surface area contributed by atoms with Gasteiger partial charge in [-0.05, 0) is 25.6 Å². The molecule has 0 spiro atoms. The van der Waals surface area contributed by atoms with E-state index in [0.717, 1.165) is 26.2 Å². The second-order valence-corrected chi connectivity index (χ2v) is 5.93. The molecule has 2 rings (SSSR count). The highest BCUT2D eigenvalue weighted by Crippen LogP contribution is 2.15. The first-order valence-corrected chi connectivity index (χ1v) is 7.09. The third-order valence-corrected chi connectivity index (χ3v) is 4.22. The summed E-state index contributed by atoms with van der Waals surface area (Å²) in [5, 5.41) is 3.26. The zero-order chi connectivity index (χ0) is 10.6. The third kappa shape index (κ3) is 3.63. The number of nitrogens with one attached hydrogen (secondary N) is 1. The molecule has 1 N–H and O–H groups in total. The van der Waals surface area contributed by atoms with E-state index < -0.39 is 0 Å². The van der Waals surface area contributed by atoms with Crippen LogP contribution < -0.4 is 5.32 Å². The molecule has 3 nitrogen and oxygen atoms in total. The van der Waals surface area contributed by atoms with Crippen molar-refractivity contribution in [3.05, 3.63) is 0 Å². The van der Waals surface area contributed by atoms with Gasteiger partial charge in [-0.3, -0.25) is 0 Å². The summed E-state index contributed by atoms with van der Waals surface area (Å²) >= 11 is 2.08. The van der Waals surface area contributed by atoms with Gasteiger partial charge in [-0.1, -0.05) is 0 Å². The maximum atomic E-state index is 5.90. The fourth-order valence-corrected chi connectivity index (χ4v) is 2.95. The second-order valence-electron chi connectivity index (χ2n) is 4.71. The maximum Gasteiger partial charge on any atom is 0.0902 e. The van der Waals surface area contributed by atoms with E-state index >= 15 is 0 Å². The van der Waals surface area contributed by atoms with Crippen LogP contribution in [0.25, 0.3) is 0 Å². The van der Waals surface area contributed by atoms with Crippen molar-refractivity contribution < 1.29 is 4.74 Å². The fraction of sp³-hybridized carbons (Fsp3) is 1.00. The predicted molar refractivity (Wildman–Crippen MR) is 65.6 cm³/mol. The van der Waals surface area contributed by atoms with Crippen LogP contribution in [0, 0.1) is 0 Å². The summed E-state index contributed by atoms with van der Waals surface area (Å²) in [6.07, 6.45) is 1.34. The fourth-order valence-electron chi connectivity index (χ4n) is 2.02. The minimum Gasteiger partial charge on any atom is -0.371 e. The highest BCUT2D eigenvalue weighted by atomic mass is 32.2. The van der Waals surface area contributed by atoms with Crippen LogP contribution in [0.5, 0.6) is 0 Å². The SMILES string of the molecule is CC1(OCCN2CCCSCC2)CNC1. The average molecular weight is 230 g/mol. The summed E-state index contributed by atoms with van der Waals surface area (Å²) in [4.78, 5) is 2.54. The summed E-state index contributed by atoms with van der Waals surface area (Å²) in [5.74, 6) is 2.62. The van der Waals surface area contributed by atoms with Crippen LogP contribution in [0.2, 0.25) is 0 Å². The highest BCUT2D eigenvalue weighted by Gasteiger charge is 2.32. The quantitative estimate of drug-likeness (QED) is 0.772. The molecule has 0 aliphatic carbocycles. The Hall–Kier alpha value is 0.230. The maximum absolute atomic E-state index is 5.90. The van der Waals surface area contributed by atoms with E-state index in [9.17, 15) is 0 Å². The van der Waals surface area contributed by atoms with E-state index in [1.807, 2.05) is 0 Å². The van der Waals surface area contributed by atoms with Crippen LogP contribution >= 0.6 is 11.8 Å². The molecule has 2 fully saturated rings. The molecule has 0 unspecified atom stereocenters. The number of hydrogen-bond donors (Lipinski definition) is 1. The molecule has 2 heterocycles. The van der Waals surface area contributed by atoms with Crippen LogP contribution in [-0.2, 0) is 4.74 Å². The number of thioether (sulfide) groups is 1. The Morgan fingerprint density at radius 2 is 2.20 bits per heavy atom. The molecule has 0 amide bonds. The van der Waals surface area contributed by atoms with Gasteiger partial charge in [0.25, 0.3) is 0 Å². The number of nitrogens with zero attached hydrogens (tertiary/aromatic N) is 1. The summed E-state index contributed by atoms with van der Waals surface area (Å²) < 4.78 is 5.90. The molecule has 15 heavy (non-hydrogen) atoms. The van der Waals surface area contributed by atoms with Gasteiger partial charge < -0.3 is 15.0 Å². The lowest BCUT2D eigenvalue weighted by Gasteiger charge is -2.39. The lowest BCUT2D eigenvalue weighted by molar-refractivity contribution is -0.0717. The van der Waals surface area contributed by atoms with Crippen LogP contribution in [0.15, 0.2) is 0 Å². The van der Waals surface area contributed by atoms with E-state index in [1.165, 1.54) is 31.0 Å². The monoisotopic (exact) mass is 230 g/mol. The van der Waals surface area contributed by atoms with Crippen molar-refractivity contribution in [1.29, 1.82) is 0 Å². The Kier molecular flexibility index (Phi) is 4.31. The zero-order valence-corrected chi connectivity index (χ0v) is 10.4. The standard InChI is InChI=1S/C11H22N2OS/c1-11(9-12-10-11)14-6-4-13-3-2-7-15-8-5-13/h12H,2-10H2,1H3. The Bertz CT molecular complexity index is 189. The van der Waals surface area contributed by atoms with Crippen molar-refractivity contribution in [3.8, 4) is 0 Å². The largest absolute Gasteiger partial charge is 0.371 e. The highest BCUT2D eigenvalue weighted by molar-refractivity contribution is 7.99. The van der Waals surface area contributed by atoms with Gasteiger partial charge in [0.2, 0.25) is 0 Å². The second kappa shape index (κ2) is 5.53. The van der Waals surface area contributed by atoms with Gasteiger partial charge in [0, 0.05) is 31.9 Å². The summed E-state index contributed by atoms with van der Waals surface area (Å²) in [6, 6.07) is 0. The summed E-state index contributed by atoms with van der Waals surface area (Å²) in [5.41, 5.74) is 0.126. The van der Waals surface area contributed by atoms with Gasteiger partial charge in [0.1, 0.15) is 0 Å². The van der Waals surface area contributed by atoms with E-state index in [4.69, 9.17) is 4.74 Å². The van der Waals surface area contributed by atoms with Gasteiger partial charge >= 0.3 is 0 Å². The van der Waals surface area contributed by atoms with Crippen molar-refractivity contribution in [1.82, 2.24) is 10.2 Å². The van der Waals surface area contributed by atoms with E-state index in [2.05, 4.69) is 28.9 Å². The van der Waals surface area contributed by atoms with Crippen LogP contribution in [0.1, 0.15) is 13.3 Å². The number of hydrogen-bond acceptors (Lipinski definition) is 4. The molecule has 0 aromatic rings. The van der Waals surface area contributed by atoms with Gasteiger partial charge in [0.15, 0.2) is 0 Å².